The number of ketones is 1. The Morgan fingerprint density at radius 3 is 2.53 bits per heavy atom. The van der Waals surface area contributed by atoms with E-state index in [1.54, 1.807) is 0 Å². The summed E-state index contributed by atoms with van der Waals surface area (Å²) in [5.74, 6) is 0.293. The van der Waals surface area contributed by atoms with E-state index < -0.39 is 5.60 Å². The van der Waals surface area contributed by atoms with Crippen molar-refractivity contribution in [2.24, 2.45) is 0 Å². The van der Waals surface area contributed by atoms with Crippen LogP contribution in [0.3, 0.4) is 0 Å². The summed E-state index contributed by atoms with van der Waals surface area (Å²) in [6.45, 7) is 6.37. The fourth-order valence-corrected chi connectivity index (χ4v) is 3.30. The molecule has 1 aliphatic carbocycles. The second kappa shape index (κ2) is 5.14. The molecule has 1 spiro atoms. The third kappa shape index (κ3) is 3.28. The average Bonchev–Trinajstić information content (AvgIpc) is 2.26. The van der Waals surface area contributed by atoms with Crippen molar-refractivity contribution in [3.05, 3.63) is 0 Å². The summed E-state index contributed by atoms with van der Waals surface area (Å²) < 4.78 is 5.52. The molecule has 0 bridgehead atoms. The van der Waals surface area contributed by atoms with Crippen LogP contribution in [0.4, 0.5) is 4.79 Å². The van der Waals surface area contributed by atoms with E-state index >= 15 is 0 Å². The first-order valence-electron chi connectivity index (χ1n) is 7.35. The molecule has 0 N–H and O–H groups in total. The van der Waals surface area contributed by atoms with E-state index in [9.17, 15) is 9.59 Å². The van der Waals surface area contributed by atoms with Crippen LogP contribution < -0.4 is 0 Å². The SMILES string of the molecule is CC(C)(C)OC(=O)N1CCCCC12CCCC(=O)C2. The van der Waals surface area contributed by atoms with Crippen LogP contribution in [0.5, 0.6) is 0 Å². The van der Waals surface area contributed by atoms with Crippen molar-refractivity contribution in [2.75, 3.05) is 6.54 Å². The van der Waals surface area contributed by atoms with Gasteiger partial charge in [-0.05, 0) is 52.9 Å². The fraction of sp³-hybridized carbons (Fsp3) is 0.867. The number of ether oxygens (including phenoxy) is 1. The molecule has 4 heteroatoms. The minimum absolute atomic E-state index is 0.248. The van der Waals surface area contributed by atoms with Crippen molar-refractivity contribution >= 4 is 11.9 Å². The van der Waals surface area contributed by atoms with Crippen molar-refractivity contribution in [3.8, 4) is 0 Å². The lowest BCUT2D eigenvalue weighted by atomic mass is 9.74. The summed E-state index contributed by atoms with van der Waals surface area (Å²) in [4.78, 5) is 26.0. The van der Waals surface area contributed by atoms with Crippen LogP contribution in [0.25, 0.3) is 0 Å². The van der Waals surface area contributed by atoms with E-state index in [0.29, 0.717) is 18.6 Å². The molecule has 0 aromatic heterocycles. The van der Waals surface area contributed by atoms with Gasteiger partial charge in [-0.15, -0.1) is 0 Å². The summed E-state index contributed by atoms with van der Waals surface area (Å²) in [7, 11) is 0. The van der Waals surface area contributed by atoms with Gasteiger partial charge in [0.05, 0.1) is 5.54 Å². The second-order valence-electron chi connectivity index (χ2n) is 6.88. The van der Waals surface area contributed by atoms with Gasteiger partial charge in [-0.2, -0.15) is 0 Å². The lowest BCUT2D eigenvalue weighted by Gasteiger charge is -2.48. The highest BCUT2D eigenvalue weighted by atomic mass is 16.6. The van der Waals surface area contributed by atoms with Crippen LogP contribution in [0, 0.1) is 0 Å². The highest BCUT2D eigenvalue weighted by Crippen LogP contribution is 2.40. The van der Waals surface area contributed by atoms with Gasteiger partial charge in [0.2, 0.25) is 0 Å². The first-order valence-corrected chi connectivity index (χ1v) is 7.35. The summed E-state index contributed by atoms with van der Waals surface area (Å²) in [5.41, 5.74) is -0.732. The number of likely N-dealkylation sites (tertiary alicyclic amines) is 1. The quantitative estimate of drug-likeness (QED) is 0.676. The van der Waals surface area contributed by atoms with E-state index in [-0.39, 0.29) is 11.6 Å². The Morgan fingerprint density at radius 1 is 1.21 bits per heavy atom. The van der Waals surface area contributed by atoms with Crippen molar-refractivity contribution in [2.45, 2.75) is 76.9 Å². The predicted octanol–water partition coefficient (Wildman–Crippen LogP) is 3.29. The third-order valence-electron chi connectivity index (χ3n) is 4.08. The summed E-state index contributed by atoms with van der Waals surface area (Å²) in [5, 5.41) is 0. The van der Waals surface area contributed by atoms with Crippen LogP contribution in [0.1, 0.15) is 65.7 Å². The van der Waals surface area contributed by atoms with Gasteiger partial charge in [0.1, 0.15) is 11.4 Å². The molecule has 0 radical (unpaired) electrons. The molecule has 19 heavy (non-hydrogen) atoms. The molecule has 2 fully saturated rings. The maximum absolute atomic E-state index is 12.4. The van der Waals surface area contributed by atoms with Crippen LogP contribution in [-0.4, -0.2) is 34.5 Å². The summed E-state index contributed by atoms with van der Waals surface area (Å²) in [6, 6.07) is 0. The zero-order chi connectivity index (χ0) is 14.1. The van der Waals surface area contributed by atoms with Crippen LogP contribution in [0.2, 0.25) is 0 Å². The first kappa shape index (κ1) is 14.4. The Hall–Kier alpha value is -1.06. The Labute approximate surface area is 115 Å². The van der Waals surface area contributed by atoms with Crippen LogP contribution in [0.15, 0.2) is 0 Å². The first-order chi connectivity index (χ1) is 8.82. The lowest BCUT2D eigenvalue weighted by molar-refractivity contribution is -0.125. The smallest absolute Gasteiger partial charge is 0.410 e. The molecular weight excluding hydrogens is 242 g/mol. The van der Waals surface area contributed by atoms with Crippen molar-refractivity contribution < 1.29 is 14.3 Å². The molecular formula is C15H25NO3. The monoisotopic (exact) mass is 267 g/mol. The maximum atomic E-state index is 12.4. The Bertz CT molecular complexity index is 368. The molecule has 2 aliphatic rings. The molecule has 1 aliphatic heterocycles. The molecule has 1 amide bonds. The van der Waals surface area contributed by atoms with E-state index in [2.05, 4.69) is 0 Å². The Kier molecular flexibility index (Phi) is 3.88. The number of hydrogen-bond acceptors (Lipinski definition) is 3. The molecule has 1 heterocycles. The van der Waals surface area contributed by atoms with Gasteiger partial charge in [0.25, 0.3) is 0 Å². The van der Waals surface area contributed by atoms with Gasteiger partial charge in [-0.1, -0.05) is 0 Å². The maximum Gasteiger partial charge on any atom is 0.410 e. The van der Waals surface area contributed by atoms with E-state index in [1.165, 1.54) is 0 Å². The topological polar surface area (TPSA) is 46.6 Å². The zero-order valence-electron chi connectivity index (χ0n) is 12.3. The standard InChI is InChI=1S/C15H25NO3/c1-14(2,3)19-13(18)16-10-5-4-8-15(16)9-6-7-12(17)11-15/h4-11H2,1-3H3. The molecule has 1 unspecified atom stereocenters. The number of hydrogen-bond donors (Lipinski definition) is 0. The third-order valence-corrected chi connectivity index (χ3v) is 4.08. The summed E-state index contributed by atoms with van der Waals surface area (Å²) in [6.07, 6.45) is 5.84. The van der Waals surface area contributed by atoms with Gasteiger partial charge in [0, 0.05) is 19.4 Å². The van der Waals surface area contributed by atoms with E-state index in [0.717, 1.165) is 38.6 Å². The van der Waals surface area contributed by atoms with Crippen LogP contribution >= 0.6 is 0 Å². The van der Waals surface area contributed by atoms with Crippen molar-refractivity contribution in [3.63, 3.8) is 0 Å². The van der Waals surface area contributed by atoms with Crippen molar-refractivity contribution in [1.82, 2.24) is 4.90 Å². The minimum atomic E-state index is -0.478. The number of carbonyl (C=O) groups excluding carboxylic acids is 2. The Morgan fingerprint density at radius 2 is 1.89 bits per heavy atom. The van der Waals surface area contributed by atoms with Gasteiger partial charge < -0.3 is 9.64 Å². The molecule has 1 saturated carbocycles. The molecule has 108 valence electrons. The van der Waals surface area contributed by atoms with E-state index in [1.807, 2.05) is 25.7 Å². The number of carbonyl (C=O) groups is 2. The predicted molar refractivity (Wildman–Crippen MR) is 73.0 cm³/mol. The number of nitrogens with zero attached hydrogens (tertiary/aromatic N) is 1. The molecule has 0 aromatic rings. The van der Waals surface area contributed by atoms with Gasteiger partial charge in [0.15, 0.2) is 0 Å². The molecule has 2 rings (SSSR count). The van der Waals surface area contributed by atoms with Crippen molar-refractivity contribution in [1.29, 1.82) is 0 Å². The summed E-state index contributed by atoms with van der Waals surface area (Å²) >= 11 is 0. The van der Waals surface area contributed by atoms with Crippen LogP contribution in [-0.2, 0) is 9.53 Å². The van der Waals surface area contributed by atoms with E-state index in [4.69, 9.17) is 4.74 Å². The highest BCUT2D eigenvalue weighted by Gasteiger charge is 2.45. The number of Topliss-reactive ketones (excluding diaryl/α,β-unsaturated/α-hetero) is 1. The molecule has 1 saturated heterocycles. The largest absolute Gasteiger partial charge is 0.444 e. The average molecular weight is 267 g/mol. The minimum Gasteiger partial charge on any atom is -0.444 e. The Balaban J connectivity index is 2.15. The number of piperidine rings is 1. The molecule has 0 aromatic carbocycles. The molecule has 4 nitrogen and oxygen atoms in total. The van der Waals surface area contributed by atoms with Gasteiger partial charge >= 0.3 is 6.09 Å². The number of rotatable bonds is 0. The number of amides is 1. The normalized spacial score (nSPS) is 28.6. The van der Waals surface area contributed by atoms with Gasteiger partial charge in [-0.25, -0.2) is 4.79 Å². The molecule has 1 atom stereocenters. The highest BCUT2D eigenvalue weighted by molar-refractivity contribution is 5.82. The zero-order valence-corrected chi connectivity index (χ0v) is 12.3. The lowest BCUT2D eigenvalue weighted by Crippen LogP contribution is -2.57. The van der Waals surface area contributed by atoms with Gasteiger partial charge in [-0.3, -0.25) is 4.79 Å². The second-order valence-corrected chi connectivity index (χ2v) is 6.88. The fourth-order valence-electron chi connectivity index (χ4n) is 3.30.